The van der Waals surface area contributed by atoms with Crippen molar-refractivity contribution in [2.24, 2.45) is 5.92 Å². The van der Waals surface area contributed by atoms with Crippen molar-refractivity contribution in [1.29, 1.82) is 0 Å². The lowest BCUT2D eigenvalue weighted by Crippen LogP contribution is -2.35. The summed E-state index contributed by atoms with van der Waals surface area (Å²) in [6, 6.07) is 4.44. The summed E-state index contributed by atoms with van der Waals surface area (Å²) in [6.07, 6.45) is 4.62. The van der Waals surface area contributed by atoms with Crippen molar-refractivity contribution >= 4 is 11.6 Å². The minimum atomic E-state index is -0.281. The Morgan fingerprint density at radius 1 is 1.39 bits per heavy atom. The van der Waals surface area contributed by atoms with Crippen LogP contribution in [0, 0.1) is 25.6 Å². The molecule has 1 aromatic carbocycles. The summed E-state index contributed by atoms with van der Waals surface area (Å²) in [5.41, 5.74) is 3.74. The van der Waals surface area contributed by atoms with Gasteiger partial charge < -0.3 is 10.3 Å². The second-order valence-electron chi connectivity index (χ2n) is 7.90. The number of aryl methyl sites for hydroxylation is 3. The van der Waals surface area contributed by atoms with Crippen LogP contribution in [0.1, 0.15) is 55.4 Å². The Hall–Kier alpha value is -2.21. The third-order valence-corrected chi connectivity index (χ3v) is 5.59. The van der Waals surface area contributed by atoms with Gasteiger partial charge in [0.2, 0.25) is 5.91 Å². The maximum absolute atomic E-state index is 13.2. The van der Waals surface area contributed by atoms with E-state index in [1.165, 1.54) is 18.6 Å². The molecule has 1 aliphatic heterocycles. The summed E-state index contributed by atoms with van der Waals surface area (Å²) in [6.45, 7) is 8.97. The van der Waals surface area contributed by atoms with E-state index in [0.29, 0.717) is 18.0 Å². The van der Waals surface area contributed by atoms with E-state index in [9.17, 15) is 9.18 Å². The second-order valence-corrected chi connectivity index (χ2v) is 7.90. The fraction of sp³-hybridized carbons (Fsp3) is 0.545. The number of carbonyl (C=O) groups is 1. The van der Waals surface area contributed by atoms with Crippen molar-refractivity contribution < 1.29 is 9.18 Å². The quantitative estimate of drug-likeness (QED) is 0.743. The van der Waals surface area contributed by atoms with Gasteiger partial charge in [0.25, 0.3) is 0 Å². The molecular formula is C22H31FN4O. The van der Waals surface area contributed by atoms with Gasteiger partial charge in [-0.1, -0.05) is 6.92 Å². The Labute approximate surface area is 166 Å². The van der Waals surface area contributed by atoms with Gasteiger partial charge in [0.05, 0.1) is 5.69 Å². The predicted octanol–water partition coefficient (Wildman–Crippen LogP) is 4.36. The largest absolute Gasteiger partial charge is 0.346 e. The van der Waals surface area contributed by atoms with Crippen molar-refractivity contribution in [3.63, 3.8) is 0 Å². The lowest BCUT2D eigenvalue weighted by Gasteiger charge is -2.32. The molecule has 2 aromatic rings. The SMILES string of the molecule is CCc1nc(CN2CCCC(CCC(=O)Nc3ccc(F)cc3C)C2)c(C)[nH]1. The van der Waals surface area contributed by atoms with Crippen LogP contribution < -0.4 is 5.32 Å². The highest BCUT2D eigenvalue weighted by atomic mass is 19.1. The molecule has 1 amide bonds. The minimum Gasteiger partial charge on any atom is -0.346 e. The van der Waals surface area contributed by atoms with E-state index in [-0.39, 0.29) is 11.7 Å². The van der Waals surface area contributed by atoms with Gasteiger partial charge in [-0.05, 0) is 69.3 Å². The van der Waals surface area contributed by atoms with Crippen LogP contribution in [-0.4, -0.2) is 33.9 Å². The van der Waals surface area contributed by atoms with Crippen molar-refractivity contribution in [1.82, 2.24) is 14.9 Å². The summed E-state index contributed by atoms with van der Waals surface area (Å²) in [4.78, 5) is 22.8. The van der Waals surface area contributed by atoms with Gasteiger partial charge in [-0.2, -0.15) is 0 Å². The number of nitrogens with one attached hydrogen (secondary N) is 2. The number of nitrogens with zero attached hydrogens (tertiary/aromatic N) is 2. The number of imidazole rings is 1. The molecule has 0 spiro atoms. The first kappa shape index (κ1) is 20.5. The van der Waals surface area contributed by atoms with Crippen LogP contribution in [0.4, 0.5) is 10.1 Å². The van der Waals surface area contributed by atoms with Gasteiger partial charge in [-0.25, -0.2) is 9.37 Å². The third-order valence-electron chi connectivity index (χ3n) is 5.59. The van der Waals surface area contributed by atoms with Crippen LogP contribution in [0.2, 0.25) is 0 Å². The number of likely N-dealkylation sites (tertiary alicyclic amines) is 1. The molecule has 3 rings (SSSR count). The lowest BCUT2D eigenvalue weighted by atomic mass is 9.93. The number of carbonyl (C=O) groups excluding carboxylic acids is 1. The first-order valence-electron chi connectivity index (χ1n) is 10.3. The zero-order chi connectivity index (χ0) is 20.1. The first-order valence-corrected chi connectivity index (χ1v) is 10.3. The van der Waals surface area contributed by atoms with Gasteiger partial charge in [-0.3, -0.25) is 9.69 Å². The molecule has 0 saturated carbocycles. The van der Waals surface area contributed by atoms with E-state index in [1.54, 1.807) is 13.0 Å². The van der Waals surface area contributed by atoms with E-state index in [0.717, 1.165) is 61.7 Å². The number of halogens is 1. The topological polar surface area (TPSA) is 61.0 Å². The minimum absolute atomic E-state index is 0.00237. The summed E-state index contributed by atoms with van der Waals surface area (Å²) in [5.74, 6) is 1.30. The number of H-pyrrole nitrogens is 1. The molecule has 1 aliphatic rings. The molecule has 1 atom stereocenters. The van der Waals surface area contributed by atoms with Crippen molar-refractivity contribution in [3.05, 3.63) is 46.8 Å². The molecule has 2 heterocycles. The second kappa shape index (κ2) is 9.32. The normalized spacial score (nSPS) is 17.6. The molecular weight excluding hydrogens is 355 g/mol. The Bertz CT molecular complexity index is 817. The summed E-state index contributed by atoms with van der Waals surface area (Å²) in [5, 5.41) is 2.91. The van der Waals surface area contributed by atoms with Crippen LogP contribution in [0.15, 0.2) is 18.2 Å². The van der Waals surface area contributed by atoms with Crippen LogP contribution in [-0.2, 0) is 17.8 Å². The molecule has 1 aromatic heterocycles. The number of benzene rings is 1. The molecule has 6 heteroatoms. The fourth-order valence-electron chi connectivity index (χ4n) is 3.94. The molecule has 0 aliphatic carbocycles. The molecule has 1 unspecified atom stereocenters. The fourth-order valence-corrected chi connectivity index (χ4v) is 3.94. The Morgan fingerprint density at radius 2 is 2.21 bits per heavy atom. The van der Waals surface area contributed by atoms with Crippen LogP contribution >= 0.6 is 0 Å². The number of amides is 1. The maximum atomic E-state index is 13.2. The van der Waals surface area contributed by atoms with E-state index < -0.39 is 0 Å². The van der Waals surface area contributed by atoms with Gasteiger partial charge >= 0.3 is 0 Å². The standard InChI is InChI=1S/C22H31FN4O/c1-4-21-24-16(3)20(25-21)14-27-11-5-6-17(13-27)7-10-22(28)26-19-9-8-18(23)12-15(19)2/h8-9,12,17H,4-7,10-11,13-14H2,1-3H3,(H,24,25)(H,26,28). The molecule has 1 fully saturated rings. The number of hydrogen-bond acceptors (Lipinski definition) is 3. The van der Waals surface area contributed by atoms with Gasteiger partial charge in [0.1, 0.15) is 11.6 Å². The average molecular weight is 387 g/mol. The molecule has 1 saturated heterocycles. The Balaban J connectivity index is 1.47. The number of aromatic nitrogens is 2. The van der Waals surface area contributed by atoms with E-state index in [2.05, 4.69) is 29.0 Å². The van der Waals surface area contributed by atoms with Crippen LogP contribution in [0.25, 0.3) is 0 Å². The van der Waals surface area contributed by atoms with Crippen molar-refractivity contribution in [2.75, 3.05) is 18.4 Å². The number of rotatable bonds is 7. The molecule has 5 nitrogen and oxygen atoms in total. The third kappa shape index (κ3) is 5.41. The molecule has 0 radical (unpaired) electrons. The molecule has 28 heavy (non-hydrogen) atoms. The number of hydrogen-bond donors (Lipinski definition) is 2. The van der Waals surface area contributed by atoms with Gasteiger partial charge in [0, 0.05) is 37.3 Å². The molecule has 152 valence electrons. The number of anilines is 1. The predicted molar refractivity (Wildman–Crippen MR) is 110 cm³/mol. The Kier molecular flexibility index (Phi) is 6.83. The number of aromatic amines is 1. The summed E-state index contributed by atoms with van der Waals surface area (Å²) < 4.78 is 13.2. The van der Waals surface area contributed by atoms with E-state index in [1.807, 2.05) is 0 Å². The highest BCUT2D eigenvalue weighted by Crippen LogP contribution is 2.23. The van der Waals surface area contributed by atoms with Crippen molar-refractivity contribution in [2.45, 2.75) is 59.4 Å². The summed E-state index contributed by atoms with van der Waals surface area (Å²) >= 11 is 0. The first-order chi connectivity index (χ1) is 13.4. The lowest BCUT2D eigenvalue weighted by molar-refractivity contribution is -0.116. The smallest absolute Gasteiger partial charge is 0.224 e. The Morgan fingerprint density at radius 3 is 2.93 bits per heavy atom. The zero-order valence-electron chi connectivity index (χ0n) is 17.1. The number of piperidine rings is 1. The highest BCUT2D eigenvalue weighted by Gasteiger charge is 2.22. The monoisotopic (exact) mass is 386 g/mol. The highest BCUT2D eigenvalue weighted by molar-refractivity contribution is 5.91. The van der Waals surface area contributed by atoms with Crippen LogP contribution in [0.5, 0.6) is 0 Å². The van der Waals surface area contributed by atoms with Gasteiger partial charge in [0.15, 0.2) is 0 Å². The van der Waals surface area contributed by atoms with E-state index in [4.69, 9.17) is 4.98 Å². The molecule has 0 bridgehead atoms. The summed E-state index contributed by atoms with van der Waals surface area (Å²) in [7, 11) is 0. The van der Waals surface area contributed by atoms with Crippen molar-refractivity contribution in [3.8, 4) is 0 Å². The van der Waals surface area contributed by atoms with Crippen LogP contribution in [0.3, 0.4) is 0 Å². The van der Waals surface area contributed by atoms with E-state index >= 15 is 0 Å². The average Bonchev–Trinajstić information content (AvgIpc) is 3.02. The molecule has 2 N–H and O–H groups in total. The zero-order valence-corrected chi connectivity index (χ0v) is 17.1. The maximum Gasteiger partial charge on any atom is 0.224 e. The van der Waals surface area contributed by atoms with Gasteiger partial charge in [-0.15, -0.1) is 0 Å².